The van der Waals surface area contributed by atoms with Crippen molar-refractivity contribution in [2.45, 2.75) is 33.1 Å². The molecule has 6 heteroatoms. The lowest BCUT2D eigenvalue weighted by atomic mass is 10.0. The van der Waals surface area contributed by atoms with Crippen molar-refractivity contribution in [1.29, 1.82) is 0 Å². The molecule has 30 heavy (non-hydrogen) atoms. The molecule has 6 nitrogen and oxygen atoms in total. The third kappa shape index (κ3) is 7.59. The number of hydrogen-bond acceptors (Lipinski definition) is 4. The maximum atomic E-state index is 9.75. The van der Waals surface area contributed by atoms with Gasteiger partial charge in [-0.25, -0.2) is 0 Å². The zero-order valence-electron chi connectivity index (χ0n) is 18.4. The lowest BCUT2D eigenvalue weighted by Gasteiger charge is -2.16. The van der Waals surface area contributed by atoms with E-state index >= 15 is 0 Å². The summed E-state index contributed by atoms with van der Waals surface area (Å²) in [6.45, 7) is 9.30. The summed E-state index contributed by atoms with van der Waals surface area (Å²) in [6.07, 6.45) is 0.832. The quantitative estimate of drug-likeness (QED) is 0.368. The largest absolute Gasteiger partial charge is 0.490 e. The highest BCUT2D eigenvalue weighted by molar-refractivity contribution is 5.79. The predicted octanol–water partition coefficient (Wildman–Crippen LogP) is 3.36. The number of ether oxygens (including phenoxy) is 2. The van der Waals surface area contributed by atoms with Gasteiger partial charge >= 0.3 is 0 Å². The Morgan fingerprint density at radius 3 is 2.37 bits per heavy atom. The number of aliphatic hydroxyl groups excluding tert-OH is 1. The molecule has 0 bridgehead atoms. The Balaban J connectivity index is 1.95. The first-order chi connectivity index (χ1) is 14.7. The van der Waals surface area contributed by atoms with Gasteiger partial charge in [0.05, 0.1) is 26.4 Å². The number of hydrogen-bond donors (Lipinski definition) is 3. The molecule has 0 saturated heterocycles. The molecule has 0 amide bonds. The molecular formula is C24H35N3O3. The molecule has 0 saturated carbocycles. The fourth-order valence-electron chi connectivity index (χ4n) is 3.11. The highest BCUT2D eigenvalue weighted by Crippen LogP contribution is 2.28. The number of nitrogens with zero attached hydrogens (tertiary/aromatic N) is 1. The van der Waals surface area contributed by atoms with Crippen LogP contribution in [0.2, 0.25) is 0 Å². The molecule has 1 unspecified atom stereocenters. The molecular weight excluding hydrogens is 378 g/mol. The summed E-state index contributed by atoms with van der Waals surface area (Å²) in [4.78, 5) is 4.67. The first-order valence-corrected chi connectivity index (χ1v) is 10.8. The highest BCUT2D eigenvalue weighted by Gasteiger charge is 2.10. The van der Waals surface area contributed by atoms with Crippen LogP contribution >= 0.6 is 0 Å². The summed E-state index contributed by atoms with van der Waals surface area (Å²) >= 11 is 0. The molecule has 0 aliphatic carbocycles. The molecule has 0 aliphatic rings. The molecule has 0 radical (unpaired) electrons. The first-order valence-electron chi connectivity index (χ1n) is 10.8. The van der Waals surface area contributed by atoms with Crippen molar-refractivity contribution in [3.8, 4) is 11.5 Å². The van der Waals surface area contributed by atoms with Crippen molar-refractivity contribution in [2.24, 2.45) is 4.99 Å². The van der Waals surface area contributed by atoms with Crippen molar-refractivity contribution >= 4 is 5.96 Å². The van der Waals surface area contributed by atoms with E-state index in [4.69, 9.17) is 9.47 Å². The van der Waals surface area contributed by atoms with Crippen molar-refractivity contribution < 1.29 is 14.6 Å². The highest BCUT2D eigenvalue weighted by atomic mass is 16.5. The number of guanidine groups is 1. The van der Waals surface area contributed by atoms with Gasteiger partial charge in [-0.2, -0.15) is 0 Å². The Kier molecular flexibility index (Phi) is 10.6. The molecule has 0 fully saturated rings. The molecule has 2 aromatic rings. The van der Waals surface area contributed by atoms with E-state index in [0.29, 0.717) is 19.8 Å². The molecule has 1 atom stereocenters. The maximum absolute atomic E-state index is 9.75. The molecule has 3 N–H and O–H groups in total. The van der Waals surface area contributed by atoms with Crippen molar-refractivity contribution in [1.82, 2.24) is 10.6 Å². The SMILES string of the molecule is CCNC(=NCC(CO)c1ccccc1)NCCc1ccc(OCC)c(OCC)c1. The van der Waals surface area contributed by atoms with Gasteiger partial charge in [0, 0.05) is 19.0 Å². The van der Waals surface area contributed by atoms with E-state index in [1.54, 1.807) is 0 Å². The van der Waals surface area contributed by atoms with Crippen LogP contribution in [0, 0.1) is 0 Å². The smallest absolute Gasteiger partial charge is 0.191 e. The Morgan fingerprint density at radius 1 is 0.967 bits per heavy atom. The van der Waals surface area contributed by atoms with E-state index in [2.05, 4.69) is 21.7 Å². The van der Waals surface area contributed by atoms with Crippen LogP contribution in [0.1, 0.15) is 37.8 Å². The zero-order chi connectivity index (χ0) is 21.6. The fraction of sp³-hybridized carbons (Fsp3) is 0.458. The van der Waals surface area contributed by atoms with E-state index in [-0.39, 0.29) is 12.5 Å². The Bertz CT molecular complexity index is 766. The maximum Gasteiger partial charge on any atom is 0.191 e. The van der Waals surface area contributed by atoms with Crippen LogP contribution in [0.15, 0.2) is 53.5 Å². The van der Waals surface area contributed by atoms with E-state index < -0.39 is 0 Å². The molecule has 2 aromatic carbocycles. The van der Waals surface area contributed by atoms with Crippen LogP contribution in [-0.4, -0.2) is 50.5 Å². The number of aliphatic hydroxyl groups is 1. The lowest BCUT2D eigenvalue weighted by Crippen LogP contribution is -2.38. The fourth-order valence-corrected chi connectivity index (χ4v) is 3.11. The second kappa shape index (κ2) is 13.5. The third-order valence-electron chi connectivity index (χ3n) is 4.62. The van der Waals surface area contributed by atoms with Crippen LogP contribution in [0.4, 0.5) is 0 Å². The minimum absolute atomic E-state index is 0.0125. The monoisotopic (exact) mass is 413 g/mol. The van der Waals surface area contributed by atoms with Crippen LogP contribution < -0.4 is 20.1 Å². The van der Waals surface area contributed by atoms with Crippen LogP contribution in [-0.2, 0) is 6.42 Å². The minimum Gasteiger partial charge on any atom is -0.490 e. The van der Waals surface area contributed by atoms with Gasteiger partial charge < -0.3 is 25.2 Å². The summed E-state index contributed by atoms with van der Waals surface area (Å²) < 4.78 is 11.3. The van der Waals surface area contributed by atoms with Crippen LogP contribution in [0.3, 0.4) is 0 Å². The van der Waals surface area contributed by atoms with Crippen molar-refractivity contribution in [3.05, 3.63) is 59.7 Å². The standard InChI is InChI=1S/C24H35N3O3/c1-4-25-24(27-17-21(18-28)20-10-8-7-9-11-20)26-15-14-19-12-13-22(29-5-2)23(16-19)30-6-3/h7-13,16,21,28H,4-6,14-15,17-18H2,1-3H3,(H2,25,26,27). The Hall–Kier alpha value is -2.73. The number of aliphatic imine (C=N–C) groups is 1. The van der Waals surface area contributed by atoms with Gasteiger partial charge in [-0.15, -0.1) is 0 Å². The molecule has 0 aliphatic heterocycles. The van der Waals surface area contributed by atoms with E-state index in [1.807, 2.05) is 63.2 Å². The molecule has 0 spiro atoms. The van der Waals surface area contributed by atoms with E-state index in [0.717, 1.165) is 42.5 Å². The topological polar surface area (TPSA) is 75.1 Å². The average molecular weight is 414 g/mol. The summed E-state index contributed by atoms with van der Waals surface area (Å²) in [5.41, 5.74) is 2.26. The summed E-state index contributed by atoms with van der Waals surface area (Å²) in [6, 6.07) is 16.1. The predicted molar refractivity (Wildman–Crippen MR) is 123 cm³/mol. The normalized spacial score (nSPS) is 12.3. The number of rotatable bonds is 12. The zero-order valence-corrected chi connectivity index (χ0v) is 18.4. The number of benzene rings is 2. The third-order valence-corrected chi connectivity index (χ3v) is 4.62. The van der Waals surface area contributed by atoms with Crippen LogP contribution in [0.25, 0.3) is 0 Å². The summed E-state index contributed by atoms with van der Waals surface area (Å²) in [5, 5.41) is 16.4. The van der Waals surface area contributed by atoms with E-state index in [9.17, 15) is 5.11 Å². The second-order valence-corrected chi connectivity index (χ2v) is 6.83. The van der Waals surface area contributed by atoms with Gasteiger partial charge in [0.1, 0.15) is 0 Å². The first kappa shape index (κ1) is 23.5. The minimum atomic E-state index is -0.0125. The Labute approximate surface area is 180 Å². The summed E-state index contributed by atoms with van der Waals surface area (Å²) in [5.74, 6) is 2.30. The van der Waals surface area contributed by atoms with Crippen molar-refractivity contribution in [2.75, 3.05) is 39.5 Å². The summed E-state index contributed by atoms with van der Waals surface area (Å²) in [7, 11) is 0. The van der Waals surface area contributed by atoms with Gasteiger partial charge in [0.25, 0.3) is 0 Å². The molecule has 0 aromatic heterocycles. The number of nitrogens with one attached hydrogen (secondary N) is 2. The Morgan fingerprint density at radius 2 is 1.70 bits per heavy atom. The average Bonchev–Trinajstić information content (AvgIpc) is 2.77. The van der Waals surface area contributed by atoms with Crippen molar-refractivity contribution in [3.63, 3.8) is 0 Å². The van der Waals surface area contributed by atoms with Gasteiger partial charge in [-0.3, -0.25) is 4.99 Å². The lowest BCUT2D eigenvalue weighted by molar-refractivity contribution is 0.268. The van der Waals surface area contributed by atoms with Crippen LogP contribution in [0.5, 0.6) is 11.5 Å². The van der Waals surface area contributed by atoms with Gasteiger partial charge in [-0.1, -0.05) is 36.4 Å². The molecule has 164 valence electrons. The molecule has 2 rings (SSSR count). The van der Waals surface area contributed by atoms with E-state index in [1.165, 1.54) is 5.56 Å². The van der Waals surface area contributed by atoms with Gasteiger partial charge in [-0.05, 0) is 50.5 Å². The molecule has 0 heterocycles. The second-order valence-electron chi connectivity index (χ2n) is 6.83. The van der Waals surface area contributed by atoms with Gasteiger partial charge in [0.15, 0.2) is 17.5 Å². The van der Waals surface area contributed by atoms with Gasteiger partial charge in [0.2, 0.25) is 0 Å².